The molecule has 12 nitrogen and oxygen atoms in total. The van der Waals surface area contributed by atoms with Gasteiger partial charge in [0.15, 0.2) is 28.8 Å². The number of hydrogen-bond acceptors (Lipinski definition) is 11. The highest BCUT2D eigenvalue weighted by atomic mass is 35.5. The summed E-state index contributed by atoms with van der Waals surface area (Å²) < 4.78 is 33.7. The van der Waals surface area contributed by atoms with Gasteiger partial charge in [-0.1, -0.05) is 36.2 Å². The van der Waals surface area contributed by atoms with E-state index < -0.39 is 40.7 Å². The molecular formula is C35H35Cl2NO11. The van der Waals surface area contributed by atoms with Gasteiger partial charge >= 0.3 is 0 Å². The molecule has 3 N–H and O–H groups in total. The molecule has 1 amide bonds. The van der Waals surface area contributed by atoms with E-state index in [1.54, 1.807) is 25.1 Å². The number of nitrogens with one attached hydrogen (secondary N) is 1. The van der Waals surface area contributed by atoms with Crippen molar-refractivity contribution in [2.75, 3.05) is 35.5 Å². The van der Waals surface area contributed by atoms with Gasteiger partial charge < -0.3 is 44.0 Å². The van der Waals surface area contributed by atoms with Crippen molar-refractivity contribution in [3.63, 3.8) is 0 Å². The second kappa shape index (κ2) is 14.0. The number of phenols is 1. The fourth-order valence-corrected chi connectivity index (χ4v) is 6.81. The van der Waals surface area contributed by atoms with Crippen LogP contribution in [0.3, 0.4) is 0 Å². The van der Waals surface area contributed by atoms with Crippen LogP contribution in [0.5, 0.6) is 40.2 Å². The van der Waals surface area contributed by atoms with E-state index in [-0.39, 0.29) is 80.8 Å². The number of carbonyl (C=O) groups is 3. The molecule has 14 heteroatoms. The maximum absolute atomic E-state index is 14.4. The molecule has 0 radical (unpaired) electrons. The monoisotopic (exact) mass is 715 g/mol. The van der Waals surface area contributed by atoms with E-state index in [1.165, 1.54) is 53.7 Å². The Hall–Kier alpha value is -4.81. The van der Waals surface area contributed by atoms with Crippen LogP contribution in [0.15, 0.2) is 47.7 Å². The Balaban J connectivity index is 1.66. The fourth-order valence-electron chi connectivity index (χ4n) is 6.35. The van der Waals surface area contributed by atoms with Gasteiger partial charge in [0, 0.05) is 42.9 Å². The average Bonchev–Trinajstić information content (AvgIpc) is 3.41. The van der Waals surface area contributed by atoms with Crippen LogP contribution in [0.2, 0.25) is 10.0 Å². The Morgan fingerprint density at radius 1 is 0.939 bits per heavy atom. The van der Waals surface area contributed by atoms with Gasteiger partial charge in [0.2, 0.25) is 23.0 Å². The number of rotatable bonds is 11. The molecule has 1 aliphatic carbocycles. The quantitative estimate of drug-likeness (QED) is 0.215. The Kier molecular flexibility index (Phi) is 10.1. The van der Waals surface area contributed by atoms with Crippen LogP contribution in [0.1, 0.15) is 47.2 Å². The van der Waals surface area contributed by atoms with Crippen molar-refractivity contribution in [2.24, 2.45) is 5.92 Å². The molecule has 5 rings (SSSR count). The minimum Gasteiger partial charge on any atom is -0.507 e. The summed E-state index contributed by atoms with van der Waals surface area (Å²) in [5, 5.41) is 24.8. The maximum atomic E-state index is 14.4. The lowest BCUT2D eigenvalue weighted by Crippen LogP contribution is -2.53. The van der Waals surface area contributed by atoms with E-state index in [9.17, 15) is 24.6 Å². The van der Waals surface area contributed by atoms with Crippen LogP contribution < -0.4 is 33.7 Å². The van der Waals surface area contributed by atoms with Crippen molar-refractivity contribution >= 4 is 40.7 Å². The third-order valence-corrected chi connectivity index (χ3v) is 9.50. The predicted molar refractivity (Wildman–Crippen MR) is 179 cm³/mol. The first kappa shape index (κ1) is 35.5. The van der Waals surface area contributed by atoms with Crippen LogP contribution in [0.4, 0.5) is 0 Å². The van der Waals surface area contributed by atoms with Crippen LogP contribution in [-0.2, 0) is 16.1 Å². The number of hydrogen-bond donors (Lipinski definition) is 3. The largest absolute Gasteiger partial charge is 0.507 e. The molecular weight excluding hydrogens is 681 g/mol. The molecule has 0 fully saturated rings. The van der Waals surface area contributed by atoms with Gasteiger partial charge in [-0.05, 0) is 35.4 Å². The van der Waals surface area contributed by atoms with E-state index in [2.05, 4.69) is 5.32 Å². The number of allylic oxidation sites excluding steroid dienone is 1. The third-order valence-electron chi connectivity index (χ3n) is 8.84. The number of benzene rings is 3. The zero-order chi connectivity index (χ0) is 35.8. The zero-order valence-corrected chi connectivity index (χ0v) is 29.1. The topological polar surface area (TPSA) is 159 Å². The molecule has 2 aliphatic rings. The molecule has 49 heavy (non-hydrogen) atoms. The summed E-state index contributed by atoms with van der Waals surface area (Å²) in [5.41, 5.74) is -1.36. The average molecular weight is 717 g/mol. The normalized spacial score (nSPS) is 18.9. The van der Waals surface area contributed by atoms with Gasteiger partial charge in [-0.15, -0.1) is 0 Å². The summed E-state index contributed by atoms with van der Waals surface area (Å²) in [7, 11) is 7.01. The number of methoxy groups -OCH3 is 5. The Labute approximate surface area is 292 Å². The van der Waals surface area contributed by atoms with Crippen molar-refractivity contribution < 1.29 is 53.0 Å². The van der Waals surface area contributed by atoms with Crippen LogP contribution in [-0.4, -0.2) is 68.8 Å². The Bertz CT molecular complexity index is 1850. The maximum Gasteiger partial charge on any atom is 0.231 e. The molecule has 1 heterocycles. The highest BCUT2D eigenvalue weighted by molar-refractivity contribution is 6.35. The van der Waals surface area contributed by atoms with Crippen LogP contribution in [0.25, 0.3) is 0 Å². The molecule has 1 spiro atoms. The standard InChI is InChI=1S/C35H35Cl2NO11/c1-16-9-22(40)28(33(42)35(16)34(43)29-23(44-2)14-24(45-3)30(37)32(29)49-35)19(18-11-25(46-4)31(48-6)26(12-18)47-5)13-27(41)38-15-17-7-8-21(39)20(36)10-17/h7-8,10-12,14,16,19,39,42H,9,13,15H2,1-6H3,(H,38,41). The van der Waals surface area contributed by atoms with Crippen molar-refractivity contribution in [2.45, 2.75) is 37.8 Å². The Morgan fingerprint density at radius 2 is 1.57 bits per heavy atom. The predicted octanol–water partition coefficient (Wildman–Crippen LogP) is 5.97. The first-order chi connectivity index (χ1) is 23.4. The summed E-state index contributed by atoms with van der Waals surface area (Å²) in [5.74, 6) is -3.51. The third kappa shape index (κ3) is 6.04. The summed E-state index contributed by atoms with van der Waals surface area (Å²) in [4.78, 5) is 42.0. The lowest BCUT2D eigenvalue weighted by Gasteiger charge is -2.38. The number of carbonyl (C=O) groups excluding carboxylic acids is 3. The van der Waals surface area contributed by atoms with E-state index in [0.29, 0.717) is 11.1 Å². The number of aliphatic hydroxyl groups is 1. The number of fused-ring (bicyclic) bond motifs is 1. The number of Topliss-reactive ketones (excluding diaryl/α,β-unsaturated/α-hetero) is 2. The van der Waals surface area contributed by atoms with Crippen molar-refractivity contribution in [3.8, 4) is 40.2 Å². The molecule has 260 valence electrons. The SMILES string of the molecule is COc1cc(OC)c2c(c1Cl)OC1(C2=O)C(O)=C(C(CC(=O)NCc2ccc(O)c(Cl)c2)c2cc(OC)c(OC)c(OC)c2)C(=O)CC1C. The molecule has 1 aliphatic heterocycles. The lowest BCUT2D eigenvalue weighted by molar-refractivity contribution is -0.122. The van der Waals surface area contributed by atoms with Crippen molar-refractivity contribution in [1.82, 2.24) is 5.32 Å². The second-order valence-corrected chi connectivity index (χ2v) is 12.3. The highest BCUT2D eigenvalue weighted by Crippen LogP contribution is 2.56. The Morgan fingerprint density at radius 3 is 2.14 bits per heavy atom. The minimum atomic E-state index is -2.08. The number of aromatic hydroxyl groups is 1. The molecule has 0 saturated carbocycles. The van der Waals surface area contributed by atoms with E-state index in [4.69, 9.17) is 51.6 Å². The van der Waals surface area contributed by atoms with Gasteiger partial charge in [-0.2, -0.15) is 0 Å². The van der Waals surface area contributed by atoms with Crippen LogP contribution >= 0.6 is 23.2 Å². The number of halogens is 2. The van der Waals surface area contributed by atoms with Crippen LogP contribution in [0, 0.1) is 5.92 Å². The lowest BCUT2D eigenvalue weighted by atomic mass is 9.69. The number of aliphatic hydroxyl groups excluding tert-OH is 1. The number of phenolic OH excluding ortho intramolecular Hbond substituents is 1. The number of amides is 1. The van der Waals surface area contributed by atoms with Crippen molar-refractivity contribution in [1.29, 1.82) is 0 Å². The van der Waals surface area contributed by atoms with E-state index >= 15 is 0 Å². The van der Waals surface area contributed by atoms with E-state index in [1.807, 2.05) is 0 Å². The highest BCUT2D eigenvalue weighted by Gasteiger charge is 2.61. The molecule has 3 aromatic rings. The van der Waals surface area contributed by atoms with Gasteiger partial charge in [0.25, 0.3) is 0 Å². The van der Waals surface area contributed by atoms with Gasteiger partial charge in [0.05, 0.1) is 40.6 Å². The van der Waals surface area contributed by atoms with Gasteiger partial charge in [-0.25, -0.2) is 0 Å². The summed E-state index contributed by atoms with van der Waals surface area (Å²) >= 11 is 12.6. The minimum absolute atomic E-state index is 0.0168. The first-order valence-corrected chi connectivity index (χ1v) is 15.8. The molecule has 0 bridgehead atoms. The van der Waals surface area contributed by atoms with Gasteiger partial charge in [0.1, 0.15) is 27.8 Å². The zero-order valence-electron chi connectivity index (χ0n) is 27.6. The second-order valence-electron chi connectivity index (χ2n) is 11.5. The van der Waals surface area contributed by atoms with Gasteiger partial charge in [-0.3, -0.25) is 14.4 Å². The molecule has 0 aromatic heterocycles. The summed E-state index contributed by atoms with van der Waals surface area (Å²) in [6.07, 6.45) is -0.580. The number of ether oxygens (including phenoxy) is 6. The smallest absolute Gasteiger partial charge is 0.231 e. The fraction of sp³-hybridized carbons (Fsp3) is 0.343. The molecule has 3 atom stereocenters. The summed E-state index contributed by atoms with van der Waals surface area (Å²) in [6, 6.07) is 9.07. The molecule has 3 unspecified atom stereocenters. The van der Waals surface area contributed by atoms with E-state index in [0.717, 1.165) is 0 Å². The summed E-state index contributed by atoms with van der Waals surface area (Å²) in [6.45, 7) is 1.65. The number of ketones is 2. The first-order valence-electron chi connectivity index (χ1n) is 15.1. The molecule has 3 aromatic carbocycles. The van der Waals surface area contributed by atoms with Crippen molar-refractivity contribution in [3.05, 3.63) is 74.5 Å². The molecule has 0 saturated heterocycles.